The summed E-state index contributed by atoms with van der Waals surface area (Å²) in [6.07, 6.45) is 4.50. The van der Waals surface area contributed by atoms with E-state index >= 15 is 4.39 Å². The van der Waals surface area contributed by atoms with Crippen LogP contribution in [0.2, 0.25) is 0 Å². The zero-order valence-corrected chi connectivity index (χ0v) is 23.2. The smallest absolute Gasteiger partial charge is 0.199 e. The van der Waals surface area contributed by atoms with Gasteiger partial charge in [0.15, 0.2) is 23.4 Å². The molecule has 12 heteroatoms. The van der Waals surface area contributed by atoms with Gasteiger partial charge in [0.1, 0.15) is 11.3 Å². The summed E-state index contributed by atoms with van der Waals surface area (Å²) in [5.74, 6) is -1.95. The summed E-state index contributed by atoms with van der Waals surface area (Å²) < 4.78 is 32.1. The van der Waals surface area contributed by atoms with Crippen molar-refractivity contribution < 1.29 is 19.0 Å². The Morgan fingerprint density at radius 1 is 1.20 bits per heavy atom. The number of aryl methyl sites for hydroxylation is 1. The number of halogens is 2. The van der Waals surface area contributed by atoms with Crippen LogP contribution in [0.1, 0.15) is 24.7 Å². The number of likely N-dealkylation sites (N-methyl/N-ethyl adjacent to an activating group) is 1. The highest BCUT2D eigenvalue weighted by Crippen LogP contribution is 2.45. The van der Waals surface area contributed by atoms with Crippen LogP contribution in [0.25, 0.3) is 44.1 Å². The first-order valence-electron chi connectivity index (χ1n) is 13.4. The number of aromatic amines is 1. The number of fused-ring (bicyclic) bond motifs is 4. The fourth-order valence-corrected chi connectivity index (χ4v) is 6.11. The molecule has 1 fully saturated rings. The third-order valence-electron chi connectivity index (χ3n) is 7.90. The highest BCUT2D eigenvalue weighted by Gasteiger charge is 2.32. The largest absolute Gasteiger partial charge is 0.386 e. The van der Waals surface area contributed by atoms with Crippen molar-refractivity contribution in [2.75, 3.05) is 44.4 Å². The van der Waals surface area contributed by atoms with Crippen LogP contribution in [0, 0.1) is 11.6 Å². The number of rotatable bonds is 6. The van der Waals surface area contributed by atoms with Crippen LogP contribution in [0.4, 0.5) is 20.2 Å². The number of anilines is 2. The van der Waals surface area contributed by atoms with Gasteiger partial charge < -0.3 is 34.9 Å². The molecule has 0 amide bonds. The van der Waals surface area contributed by atoms with Crippen LogP contribution in [0.15, 0.2) is 35.5 Å². The molecule has 0 radical (unpaired) electrons. The van der Waals surface area contributed by atoms with Crippen LogP contribution >= 0.6 is 0 Å². The molecule has 0 unspecified atom stereocenters. The molecule has 1 aromatic carbocycles. The second kappa shape index (κ2) is 10.1. The minimum absolute atomic E-state index is 0.0946. The van der Waals surface area contributed by atoms with Gasteiger partial charge in [-0.1, -0.05) is 0 Å². The van der Waals surface area contributed by atoms with E-state index in [0.29, 0.717) is 51.2 Å². The SMILES string of the molecule is CNc1cc(F)c(F)c2c1[nH]c1ncc(-c3cnc4c(c3)c(=O)c(C(O)O)cn4C)c(N3CCC[C@@H]3CN(C)C)c12. The summed E-state index contributed by atoms with van der Waals surface area (Å²) in [7, 11) is 7.30. The number of aliphatic hydroxyl groups is 2. The lowest BCUT2D eigenvalue weighted by Crippen LogP contribution is -2.38. The van der Waals surface area contributed by atoms with Crippen molar-refractivity contribution in [1.29, 1.82) is 0 Å². The van der Waals surface area contributed by atoms with E-state index in [4.69, 9.17) is 0 Å². The van der Waals surface area contributed by atoms with E-state index in [9.17, 15) is 19.4 Å². The zero-order chi connectivity index (χ0) is 29.2. The molecule has 4 aromatic heterocycles. The van der Waals surface area contributed by atoms with Crippen LogP contribution in [-0.4, -0.2) is 74.9 Å². The van der Waals surface area contributed by atoms with E-state index in [1.54, 1.807) is 37.1 Å². The molecule has 214 valence electrons. The van der Waals surface area contributed by atoms with E-state index in [0.717, 1.165) is 25.5 Å². The third kappa shape index (κ3) is 4.30. The number of aliphatic hydroxyl groups excluding tert-OH is 1. The number of aromatic nitrogens is 4. The molecule has 0 spiro atoms. The Hall–Kier alpha value is -4.13. The first-order chi connectivity index (χ1) is 19.6. The van der Waals surface area contributed by atoms with Gasteiger partial charge in [-0.2, -0.15) is 0 Å². The maximum atomic E-state index is 15.6. The van der Waals surface area contributed by atoms with Crippen LogP contribution in [0.3, 0.4) is 0 Å². The predicted molar refractivity (Wildman–Crippen MR) is 155 cm³/mol. The van der Waals surface area contributed by atoms with E-state index in [1.165, 1.54) is 6.20 Å². The van der Waals surface area contributed by atoms with Crippen LogP contribution in [0.5, 0.6) is 0 Å². The minimum atomic E-state index is -1.95. The van der Waals surface area contributed by atoms with Gasteiger partial charge in [0.2, 0.25) is 0 Å². The number of nitrogens with one attached hydrogen (secondary N) is 2. The molecule has 1 aliphatic heterocycles. The summed E-state index contributed by atoms with van der Waals surface area (Å²) >= 11 is 0. The van der Waals surface area contributed by atoms with Gasteiger partial charge in [-0.15, -0.1) is 0 Å². The van der Waals surface area contributed by atoms with Crippen molar-refractivity contribution >= 4 is 44.3 Å². The fraction of sp³-hybridized carbons (Fsp3) is 0.345. The number of pyridine rings is 3. The van der Waals surface area contributed by atoms with Gasteiger partial charge in [-0.05, 0) is 33.0 Å². The van der Waals surface area contributed by atoms with Crippen molar-refractivity contribution in [2.24, 2.45) is 7.05 Å². The van der Waals surface area contributed by atoms with Gasteiger partial charge in [-0.25, -0.2) is 18.7 Å². The third-order valence-corrected chi connectivity index (χ3v) is 7.90. The molecule has 1 aliphatic rings. The average molecular weight is 564 g/mol. The van der Waals surface area contributed by atoms with Crippen LogP contribution < -0.4 is 15.6 Å². The molecule has 1 saturated heterocycles. The number of nitrogens with zero attached hydrogens (tertiary/aromatic N) is 5. The molecule has 5 aromatic rings. The number of H-pyrrole nitrogens is 1. The molecule has 0 saturated carbocycles. The molecule has 0 aliphatic carbocycles. The molecule has 6 rings (SSSR count). The highest BCUT2D eigenvalue weighted by molar-refractivity contribution is 6.18. The van der Waals surface area contributed by atoms with E-state index < -0.39 is 23.4 Å². The molecule has 1 atom stereocenters. The van der Waals surface area contributed by atoms with Gasteiger partial charge in [0.05, 0.1) is 38.6 Å². The highest BCUT2D eigenvalue weighted by atomic mass is 19.2. The maximum absolute atomic E-state index is 15.6. The molecular formula is C29H31F2N7O3. The Balaban J connectivity index is 1.71. The zero-order valence-electron chi connectivity index (χ0n) is 23.2. The average Bonchev–Trinajstić information content (AvgIpc) is 3.56. The Bertz CT molecular complexity index is 1880. The lowest BCUT2D eigenvalue weighted by atomic mass is 10.00. The van der Waals surface area contributed by atoms with Crippen molar-refractivity contribution in [3.05, 3.63) is 58.1 Å². The molecule has 4 N–H and O–H groups in total. The summed E-state index contributed by atoms with van der Waals surface area (Å²) in [5.41, 5.74) is 2.67. The quantitative estimate of drug-likeness (QED) is 0.232. The number of hydrogen-bond donors (Lipinski definition) is 4. The standard InChI is InChI=1S/C29H31F2N7O3/c1-32-20-9-19(30)23(31)21-22-25(38-7-5-6-15(38)12-36(2)3)17(11-33-27(22)35-24(20)21)14-8-16-26(39)18(29(40)41)13-37(4)28(16)34-10-14/h8-11,13,15,29,32,40-41H,5-7,12H2,1-4H3,(H,33,35)/t15-/m1/s1. The summed E-state index contributed by atoms with van der Waals surface area (Å²) in [6.45, 7) is 1.44. The second-order valence-corrected chi connectivity index (χ2v) is 10.8. The molecule has 10 nitrogen and oxygen atoms in total. The fourth-order valence-electron chi connectivity index (χ4n) is 6.11. The number of hydrogen-bond acceptors (Lipinski definition) is 8. The van der Waals surface area contributed by atoms with Crippen molar-refractivity contribution in [3.8, 4) is 11.1 Å². The van der Waals surface area contributed by atoms with Crippen molar-refractivity contribution in [3.63, 3.8) is 0 Å². The first kappa shape index (κ1) is 27.1. The van der Waals surface area contributed by atoms with E-state index in [2.05, 4.69) is 30.1 Å². The minimum Gasteiger partial charge on any atom is -0.386 e. The predicted octanol–water partition coefficient (Wildman–Crippen LogP) is 3.46. The van der Waals surface area contributed by atoms with Gasteiger partial charge in [0, 0.05) is 69.0 Å². The van der Waals surface area contributed by atoms with Crippen molar-refractivity contribution in [1.82, 2.24) is 24.4 Å². The van der Waals surface area contributed by atoms with Crippen molar-refractivity contribution in [2.45, 2.75) is 25.2 Å². The Labute approximate surface area is 233 Å². The van der Waals surface area contributed by atoms with Gasteiger partial charge in [-0.3, -0.25) is 4.79 Å². The number of benzene rings is 1. The monoisotopic (exact) mass is 563 g/mol. The summed E-state index contributed by atoms with van der Waals surface area (Å²) in [6, 6.07) is 2.86. The molecular weight excluding hydrogens is 532 g/mol. The molecule has 41 heavy (non-hydrogen) atoms. The lowest BCUT2D eigenvalue weighted by Gasteiger charge is -2.31. The Kier molecular flexibility index (Phi) is 6.63. The molecule has 0 bridgehead atoms. The van der Waals surface area contributed by atoms with E-state index in [-0.39, 0.29) is 22.4 Å². The maximum Gasteiger partial charge on any atom is 0.199 e. The summed E-state index contributed by atoms with van der Waals surface area (Å²) in [4.78, 5) is 29.9. The Morgan fingerprint density at radius 2 is 1.98 bits per heavy atom. The van der Waals surface area contributed by atoms with Gasteiger partial charge >= 0.3 is 0 Å². The van der Waals surface area contributed by atoms with Crippen LogP contribution in [-0.2, 0) is 7.05 Å². The molecule has 5 heterocycles. The van der Waals surface area contributed by atoms with E-state index in [1.807, 2.05) is 14.1 Å². The normalized spacial score (nSPS) is 15.9. The Morgan fingerprint density at radius 3 is 2.68 bits per heavy atom. The lowest BCUT2D eigenvalue weighted by molar-refractivity contribution is -0.0435. The topological polar surface area (TPSA) is 123 Å². The second-order valence-electron chi connectivity index (χ2n) is 10.8. The summed E-state index contributed by atoms with van der Waals surface area (Å²) in [5, 5.41) is 23.2. The van der Waals surface area contributed by atoms with Gasteiger partial charge in [0.25, 0.3) is 0 Å². The first-order valence-corrected chi connectivity index (χ1v) is 13.4.